The van der Waals surface area contributed by atoms with Gasteiger partial charge in [0.1, 0.15) is 5.82 Å². The van der Waals surface area contributed by atoms with Gasteiger partial charge in [-0.1, -0.05) is 17.9 Å². The molecule has 0 unspecified atom stereocenters. The predicted octanol–water partition coefficient (Wildman–Crippen LogP) is 2.78. The minimum absolute atomic E-state index is 0.208. The van der Waals surface area contributed by atoms with E-state index in [-0.39, 0.29) is 12.0 Å². The first-order chi connectivity index (χ1) is 13.6. The maximum Gasteiger partial charge on any atom is 0.324 e. The smallest absolute Gasteiger partial charge is 0.324 e. The van der Waals surface area contributed by atoms with Gasteiger partial charge in [-0.05, 0) is 43.4 Å². The zero-order valence-electron chi connectivity index (χ0n) is 15.1. The summed E-state index contributed by atoms with van der Waals surface area (Å²) in [5, 5.41) is 12.6. The number of anilines is 3. The molecule has 0 bridgehead atoms. The second-order valence-corrected chi connectivity index (χ2v) is 6.66. The van der Waals surface area contributed by atoms with Crippen LogP contribution in [0.2, 0.25) is 0 Å². The van der Waals surface area contributed by atoms with E-state index in [0.29, 0.717) is 17.1 Å². The first kappa shape index (κ1) is 17.5. The van der Waals surface area contributed by atoms with Crippen molar-refractivity contribution >= 4 is 23.5 Å². The van der Waals surface area contributed by atoms with Crippen LogP contribution in [0.4, 0.5) is 22.2 Å². The van der Waals surface area contributed by atoms with Gasteiger partial charge in [0.05, 0.1) is 11.3 Å². The summed E-state index contributed by atoms with van der Waals surface area (Å²) in [6.07, 6.45) is 6.61. The molecule has 1 aliphatic carbocycles. The highest BCUT2D eigenvalue weighted by Crippen LogP contribution is 2.32. The fourth-order valence-electron chi connectivity index (χ4n) is 2.66. The number of nitrogen functional groups attached to an aromatic ring is 1. The highest BCUT2D eigenvalue weighted by atomic mass is 16.2. The van der Waals surface area contributed by atoms with E-state index >= 15 is 0 Å². The Hall–Kier alpha value is -3.86. The number of hydrogen-bond donors (Lipinski definition) is 4. The standard InChI is InChI=1S/C20H19N7O/c21-19-22-11-15(12-23-19)7-6-13-2-1-3-16(8-13)24-20(28)25-18-10-17(26-27-18)9-14-4-5-14/h1-3,8,10-12,14H,4-5,9H2,(H2,21,22,23)(H3,24,25,26,27,28). The van der Waals surface area contributed by atoms with Crippen molar-refractivity contribution in [3.05, 3.63) is 59.5 Å². The van der Waals surface area contributed by atoms with E-state index in [1.807, 2.05) is 18.2 Å². The number of aromatic amines is 1. The van der Waals surface area contributed by atoms with Gasteiger partial charge >= 0.3 is 6.03 Å². The minimum atomic E-state index is -0.348. The average Bonchev–Trinajstić information content (AvgIpc) is 3.39. The molecule has 1 aliphatic rings. The van der Waals surface area contributed by atoms with Crippen LogP contribution in [-0.2, 0) is 6.42 Å². The third-order valence-electron chi connectivity index (χ3n) is 4.22. The summed E-state index contributed by atoms with van der Waals surface area (Å²) in [5.74, 6) is 7.50. The van der Waals surface area contributed by atoms with Gasteiger partial charge < -0.3 is 11.1 Å². The van der Waals surface area contributed by atoms with E-state index in [2.05, 4.69) is 42.6 Å². The lowest BCUT2D eigenvalue weighted by molar-refractivity contribution is 0.262. The number of carbonyl (C=O) groups is 1. The van der Waals surface area contributed by atoms with Crippen molar-refractivity contribution in [3.8, 4) is 11.8 Å². The molecule has 1 saturated carbocycles. The Labute approximate surface area is 162 Å². The van der Waals surface area contributed by atoms with Crippen LogP contribution >= 0.6 is 0 Å². The summed E-state index contributed by atoms with van der Waals surface area (Å²) in [6, 6.07) is 8.78. The molecule has 5 N–H and O–H groups in total. The Balaban J connectivity index is 1.36. The lowest BCUT2D eigenvalue weighted by Gasteiger charge is -2.06. The van der Waals surface area contributed by atoms with Crippen molar-refractivity contribution in [2.45, 2.75) is 19.3 Å². The Kier molecular flexibility index (Phi) is 4.89. The molecule has 0 aliphatic heterocycles. The molecule has 8 heteroatoms. The van der Waals surface area contributed by atoms with Crippen molar-refractivity contribution in [2.75, 3.05) is 16.4 Å². The van der Waals surface area contributed by atoms with E-state index in [9.17, 15) is 4.79 Å². The highest BCUT2D eigenvalue weighted by Gasteiger charge is 2.22. The molecule has 4 rings (SSSR count). The number of hydrogen-bond acceptors (Lipinski definition) is 5. The SMILES string of the molecule is Nc1ncc(C#Cc2cccc(NC(=O)Nc3cc(CC4CC4)n[nH]3)c2)cn1. The van der Waals surface area contributed by atoms with Gasteiger partial charge in [-0.15, -0.1) is 0 Å². The number of benzene rings is 1. The molecule has 140 valence electrons. The number of carbonyl (C=O) groups excluding carboxylic acids is 1. The summed E-state index contributed by atoms with van der Waals surface area (Å²) >= 11 is 0. The van der Waals surface area contributed by atoms with Crippen LogP contribution in [0.1, 0.15) is 29.7 Å². The maximum atomic E-state index is 12.2. The fourth-order valence-corrected chi connectivity index (χ4v) is 2.66. The van der Waals surface area contributed by atoms with Gasteiger partial charge in [0.15, 0.2) is 0 Å². The molecule has 0 atom stereocenters. The van der Waals surface area contributed by atoms with E-state index in [1.54, 1.807) is 24.5 Å². The van der Waals surface area contributed by atoms with Crippen molar-refractivity contribution < 1.29 is 4.79 Å². The van der Waals surface area contributed by atoms with Crippen LogP contribution in [-0.4, -0.2) is 26.2 Å². The summed E-state index contributed by atoms with van der Waals surface area (Å²) < 4.78 is 0. The monoisotopic (exact) mass is 373 g/mol. The Morgan fingerprint density at radius 2 is 1.93 bits per heavy atom. The predicted molar refractivity (Wildman–Crippen MR) is 107 cm³/mol. The zero-order chi connectivity index (χ0) is 19.3. The minimum Gasteiger partial charge on any atom is -0.368 e. The largest absolute Gasteiger partial charge is 0.368 e. The van der Waals surface area contributed by atoms with Crippen molar-refractivity contribution in [3.63, 3.8) is 0 Å². The number of rotatable bonds is 4. The molecule has 3 aromatic rings. The maximum absolute atomic E-state index is 12.2. The van der Waals surface area contributed by atoms with Crippen LogP contribution < -0.4 is 16.4 Å². The van der Waals surface area contributed by atoms with E-state index in [4.69, 9.17) is 5.73 Å². The topological polar surface area (TPSA) is 122 Å². The molecule has 28 heavy (non-hydrogen) atoms. The van der Waals surface area contributed by atoms with Crippen LogP contribution in [0.3, 0.4) is 0 Å². The van der Waals surface area contributed by atoms with Crippen LogP contribution in [0.25, 0.3) is 0 Å². The van der Waals surface area contributed by atoms with Gasteiger partial charge in [-0.2, -0.15) is 5.10 Å². The molecule has 0 saturated heterocycles. The van der Waals surface area contributed by atoms with Gasteiger partial charge in [0.2, 0.25) is 5.95 Å². The van der Waals surface area contributed by atoms with E-state index in [0.717, 1.165) is 23.6 Å². The number of amides is 2. The summed E-state index contributed by atoms with van der Waals surface area (Å²) in [4.78, 5) is 20.0. The lowest BCUT2D eigenvalue weighted by Crippen LogP contribution is -2.19. The van der Waals surface area contributed by atoms with Gasteiger partial charge in [-0.3, -0.25) is 10.4 Å². The van der Waals surface area contributed by atoms with Crippen molar-refractivity contribution in [1.29, 1.82) is 0 Å². The van der Waals surface area contributed by atoms with Crippen molar-refractivity contribution in [2.24, 2.45) is 5.92 Å². The quantitative estimate of drug-likeness (QED) is 0.524. The number of nitrogens with one attached hydrogen (secondary N) is 3. The molecule has 2 heterocycles. The summed E-state index contributed by atoms with van der Waals surface area (Å²) in [5.41, 5.74) is 8.48. The Morgan fingerprint density at radius 1 is 1.14 bits per heavy atom. The van der Waals surface area contributed by atoms with Crippen LogP contribution in [0, 0.1) is 17.8 Å². The third-order valence-corrected chi connectivity index (χ3v) is 4.22. The molecular formula is C20H19N7O. The first-order valence-corrected chi connectivity index (χ1v) is 8.96. The summed E-state index contributed by atoms with van der Waals surface area (Å²) in [6.45, 7) is 0. The molecule has 0 spiro atoms. The van der Waals surface area contributed by atoms with Crippen molar-refractivity contribution in [1.82, 2.24) is 20.2 Å². The van der Waals surface area contributed by atoms with Gasteiger partial charge in [0.25, 0.3) is 0 Å². The number of urea groups is 1. The Morgan fingerprint density at radius 3 is 2.71 bits per heavy atom. The zero-order valence-corrected chi connectivity index (χ0v) is 15.1. The number of nitrogens with two attached hydrogens (primary N) is 1. The van der Waals surface area contributed by atoms with Gasteiger partial charge in [-0.25, -0.2) is 14.8 Å². The molecule has 2 aromatic heterocycles. The highest BCUT2D eigenvalue weighted by molar-refractivity contribution is 5.99. The molecule has 2 amide bonds. The third kappa shape index (κ3) is 4.86. The molecule has 1 aromatic carbocycles. The molecule has 0 radical (unpaired) electrons. The second-order valence-electron chi connectivity index (χ2n) is 6.66. The van der Waals surface area contributed by atoms with Gasteiger partial charge in [0, 0.05) is 29.7 Å². The Bertz CT molecular complexity index is 1040. The average molecular weight is 373 g/mol. The molecule has 8 nitrogen and oxygen atoms in total. The summed E-state index contributed by atoms with van der Waals surface area (Å²) in [7, 11) is 0. The molecule has 1 fully saturated rings. The second kappa shape index (κ2) is 7.80. The van der Waals surface area contributed by atoms with E-state index < -0.39 is 0 Å². The number of aromatic nitrogens is 4. The van der Waals surface area contributed by atoms with Crippen LogP contribution in [0.5, 0.6) is 0 Å². The number of H-pyrrole nitrogens is 1. The first-order valence-electron chi connectivity index (χ1n) is 8.96. The fraction of sp³-hybridized carbons (Fsp3) is 0.200. The lowest BCUT2D eigenvalue weighted by atomic mass is 10.2. The normalized spacial score (nSPS) is 12.7. The van der Waals surface area contributed by atoms with Crippen LogP contribution in [0.15, 0.2) is 42.7 Å². The molecular weight excluding hydrogens is 354 g/mol. The number of nitrogens with zero attached hydrogens (tertiary/aromatic N) is 3. The van der Waals surface area contributed by atoms with E-state index in [1.165, 1.54) is 12.8 Å².